The second-order valence-corrected chi connectivity index (χ2v) is 5.19. The van der Waals surface area contributed by atoms with Crippen molar-refractivity contribution in [2.24, 2.45) is 0 Å². The lowest BCUT2D eigenvalue weighted by Crippen LogP contribution is -1.97. The number of nitrogens with zero attached hydrogens (tertiary/aromatic N) is 1. The van der Waals surface area contributed by atoms with Gasteiger partial charge >= 0.3 is 0 Å². The minimum atomic E-state index is -0.286. The van der Waals surface area contributed by atoms with Crippen molar-refractivity contribution in [1.29, 1.82) is 0 Å². The summed E-state index contributed by atoms with van der Waals surface area (Å²) in [6.45, 7) is 2.08. The summed E-state index contributed by atoms with van der Waals surface area (Å²) in [5.41, 5.74) is 0.284. The van der Waals surface area contributed by atoms with E-state index >= 15 is 0 Å². The number of carbonyl (C=O) groups excluding carboxylic acids is 1. The molecule has 123 valence electrons. The summed E-state index contributed by atoms with van der Waals surface area (Å²) in [4.78, 5) is 20.7. The van der Waals surface area contributed by atoms with Crippen molar-refractivity contribution in [2.75, 3.05) is 0 Å². The Bertz CT molecular complexity index is 384. The van der Waals surface area contributed by atoms with Gasteiger partial charge in [0.05, 0.1) is 11.3 Å². The van der Waals surface area contributed by atoms with Crippen LogP contribution in [0.1, 0.15) is 71.1 Å². The number of unbranched alkanes of at least 4 members (excludes halogenated alkanes) is 6. The average Bonchev–Trinajstić information content (AvgIpc) is 2.50. The van der Waals surface area contributed by atoms with E-state index in [1.54, 1.807) is 6.08 Å². The summed E-state index contributed by atoms with van der Waals surface area (Å²) in [6, 6.07) is 0. The molecule has 0 aliphatic heterocycles. The van der Waals surface area contributed by atoms with Gasteiger partial charge in [0.1, 0.15) is 0 Å². The van der Waals surface area contributed by atoms with E-state index in [9.17, 15) is 14.9 Å². The maximum atomic E-state index is 11.0. The van der Waals surface area contributed by atoms with E-state index in [2.05, 4.69) is 19.1 Å². The van der Waals surface area contributed by atoms with Gasteiger partial charge in [-0.3, -0.25) is 14.9 Å². The van der Waals surface area contributed by atoms with Gasteiger partial charge in [-0.25, -0.2) is 0 Å². The van der Waals surface area contributed by atoms with Crippen molar-refractivity contribution in [2.45, 2.75) is 71.1 Å². The third-order valence-electron chi connectivity index (χ3n) is 3.27. The van der Waals surface area contributed by atoms with E-state index in [4.69, 9.17) is 0 Å². The Kier molecular flexibility index (Phi) is 14.5. The summed E-state index contributed by atoms with van der Waals surface area (Å²) in [5.74, 6) is 0. The van der Waals surface area contributed by atoms with Crippen LogP contribution >= 0.6 is 0 Å². The molecule has 0 fully saturated rings. The van der Waals surface area contributed by atoms with Crippen molar-refractivity contribution in [3.8, 4) is 0 Å². The van der Waals surface area contributed by atoms with Crippen LogP contribution in [0, 0.1) is 10.1 Å². The number of hydrogen-bond acceptors (Lipinski definition) is 3. The van der Waals surface area contributed by atoms with Gasteiger partial charge in [-0.2, -0.15) is 0 Å². The fraction of sp³-hybridized carbons (Fsp3) is 0.611. The van der Waals surface area contributed by atoms with Crippen LogP contribution in [0.2, 0.25) is 0 Å². The molecule has 0 aromatic rings. The Morgan fingerprint density at radius 1 is 1.05 bits per heavy atom. The van der Waals surface area contributed by atoms with E-state index in [1.165, 1.54) is 0 Å². The second-order valence-electron chi connectivity index (χ2n) is 5.19. The molecule has 4 heteroatoms. The molecule has 4 nitrogen and oxygen atoms in total. The minimum absolute atomic E-state index is 0.284. The third-order valence-corrected chi connectivity index (χ3v) is 3.27. The van der Waals surface area contributed by atoms with Gasteiger partial charge in [0.2, 0.25) is 5.70 Å². The molecular formula is C18H28NO3. The Balaban J connectivity index is 3.89. The Labute approximate surface area is 134 Å². The van der Waals surface area contributed by atoms with Crippen molar-refractivity contribution in [3.63, 3.8) is 0 Å². The van der Waals surface area contributed by atoms with Crippen LogP contribution in [-0.4, -0.2) is 11.2 Å². The first-order valence-electron chi connectivity index (χ1n) is 8.20. The maximum Gasteiger partial charge on any atom is 0.246 e. The van der Waals surface area contributed by atoms with Crippen LogP contribution < -0.4 is 0 Å². The van der Waals surface area contributed by atoms with Gasteiger partial charge in [-0.1, -0.05) is 50.5 Å². The van der Waals surface area contributed by atoms with Gasteiger partial charge in [-0.05, 0) is 38.2 Å². The summed E-state index contributed by atoms with van der Waals surface area (Å²) in [7, 11) is 0. The molecule has 0 spiro atoms. The lowest BCUT2D eigenvalue weighted by Gasteiger charge is -1.98. The lowest BCUT2D eigenvalue weighted by molar-refractivity contribution is -0.427. The number of allylic oxidation sites excluding steroid dienone is 5. The van der Waals surface area contributed by atoms with Crippen LogP contribution in [0.5, 0.6) is 0 Å². The molecule has 0 bridgehead atoms. The summed E-state index contributed by atoms with van der Waals surface area (Å²) in [5, 5.41) is 11.0. The van der Waals surface area contributed by atoms with Crippen LogP contribution in [-0.2, 0) is 4.79 Å². The third kappa shape index (κ3) is 13.3. The van der Waals surface area contributed by atoms with Crippen LogP contribution in [0.4, 0.5) is 0 Å². The van der Waals surface area contributed by atoms with Gasteiger partial charge in [0, 0.05) is 6.42 Å². The average molecular weight is 306 g/mol. The standard InChI is InChI=1S/C18H28NO3/c1-2-3-4-5-9-12-15-18(19(21)22)16-13-10-7-6-8-11-14-17-20/h3-4,9,12,16H,2,5-8,10-11,13-15H2,1H3/b4-3-,12-9-,18-16+. The zero-order chi connectivity index (χ0) is 16.5. The maximum absolute atomic E-state index is 11.0. The largest absolute Gasteiger partial charge is 0.291 e. The number of rotatable bonds is 14. The number of nitro groups is 1. The molecule has 0 rings (SSSR count). The van der Waals surface area contributed by atoms with Crippen LogP contribution in [0.15, 0.2) is 36.1 Å². The molecule has 22 heavy (non-hydrogen) atoms. The van der Waals surface area contributed by atoms with E-state index in [0.717, 1.165) is 51.4 Å². The molecule has 0 aliphatic carbocycles. The Morgan fingerprint density at radius 3 is 2.41 bits per heavy atom. The van der Waals surface area contributed by atoms with Gasteiger partial charge in [-0.15, -0.1) is 0 Å². The van der Waals surface area contributed by atoms with Gasteiger partial charge in [0.15, 0.2) is 6.29 Å². The summed E-state index contributed by atoms with van der Waals surface area (Å²) in [6.07, 6.45) is 20.1. The summed E-state index contributed by atoms with van der Waals surface area (Å²) >= 11 is 0. The first kappa shape index (κ1) is 20.3. The quantitative estimate of drug-likeness (QED) is 0.189. The fourth-order valence-electron chi connectivity index (χ4n) is 2.01. The van der Waals surface area contributed by atoms with Crippen LogP contribution in [0.3, 0.4) is 0 Å². The molecule has 1 radical (unpaired) electrons. The highest BCUT2D eigenvalue weighted by atomic mass is 16.6. The molecule has 0 amide bonds. The van der Waals surface area contributed by atoms with E-state index in [0.29, 0.717) is 12.8 Å². The predicted octanol–water partition coefficient (Wildman–Crippen LogP) is 5.29. The van der Waals surface area contributed by atoms with Crippen molar-refractivity contribution in [1.82, 2.24) is 0 Å². The van der Waals surface area contributed by atoms with Crippen LogP contribution in [0.25, 0.3) is 0 Å². The van der Waals surface area contributed by atoms with Crippen molar-refractivity contribution < 1.29 is 9.72 Å². The monoisotopic (exact) mass is 306 g/mol. The molecule has 0 atom stereocenters. The predicted molar refractivity (Wildman–Crippen MR) is 90.9 cm³/mol. The van der Waals surface area contributed by atoms with Gasteiger partial charge in [0.25, 0.3) is 0 Å². The molecule has 0 aliphatic rings. The normalized spacial score (nSPS) is 12.3. The first-order chi connectivity index (χ1) is 10.7. The highest BCUT2D eigenvalue weighted by molar-refractivity contribution is 5.50. The first-order valence-corrected chi connectivity index (χ1v) is 8.20. The summed E-state index contributed by atoms with van der Waals surface area (Å²) < 4.78 is 0. The minimum Gasteiger partial charge on any atom is -0.291 e. The van der Waals surface area contributed by atoms with E-state index < -0.39 is 0 Å². The molecule has 0 N–H and O–H groups in total. The van der Waals surface area contributed by atoms with E-state index in [-0.39, 0.29) is 10.6 Å². The van der Waals surface area contributed by atoms with E-state index in [1.807, 2.05) is 18.4 Å². The SMILES string of the molecule is CC/C=C\C/C=C\C/C(=C\CCCCCCC[C]=O)[N+](=O)[O-]. The zero-order valence-electron chi connectivity index (χ0n) is 13.6. The molecule has 0 heterocycles. The molecule has 0 saturated heterocycles. The molecule has 0 unspecified atom stereocenters. The highest BCUT2D eigenvalue weighted by Gasteiger charge is 2.06. The second kappa shape index (κ2) is 15.7. The number of hydrogen-bond donors (Lipinski definition) is 0. The lowest BCUT2D eigenvalue weighted by atomic mass is 10.1. The van der Waals surface area contributed by atoms with Gasteiger partial charge < -0.3 is 0 Å². The fourth-order valence-corrected chi connectivity index (χ4v) is 2.01. The topological polar surface area (TPSA) is 60.2 Å². The molecule has 0 aromatic heterocycles. The van der Waals surface area contributed by atoms with Crippen molar-refractivity contribution in [3.05, 3.63) is 46.2 Å². The smallest absolute Gasteiger partial charge is 0.246 e. The Morgan fingerprint density at radius 2 is 1.73 bits per heavy atom. The molecule has 0 aromatic carbocycles. The van der Waals surface area contributed by atoms with Crippen molar-refractivity contribution >= 4 is 6.29 Å². The molecule has 0 saturated carbocycles. The highest BCUT2D eigenvalue weighted by Crippen LogP contribution is 2.11. The molecular weight excluding hydrogens is 278 g/mol. The Hall–Kier alpha value is -1.71. The zero-order valence-corrected chi connectivity index (χ0v) is 13.6.